The van der Waals surface area contributed by atoms with Crippen LogP contribution in [-0.2, 0) is 0 Å². The average molecular weight is 518 g/mol. The minimum absolute atomic E-state index is 1.38. The van der Waals surface area contributed by atoms with Crippen LogP contribution in [0.25, 0.3) is 0 Å². The molecule has 0 aliphatic rings. The molecule has 0 radical (unpaired) electrons. The Morgan fingerprint density at radius 1 is 0.276 bits per heavy atom. The van der Waals surface area contributed by atoms with Crippen LogP contribution < -0.4 is 0 Å². The molecule has 0 aliphatic carbocycles. The molecule has 0 heterocycles. The molecule has 0 rings (SSSR count). The Kier molecular flexibility index (Phi) is 29.6. The van der Waals surface area contributed by atoms with E-state index in [1.165, 1.54) is 194 Å². The van der Waals surface area contributed by atoms with Crippen LogP contribution in [0.3, 0.4) is 0 Å². The zero-order chi connectivity index (χ0) is 21.1. The second-order valence-electron chi connectivity index (χ2n) is 9.63. The number of hydrogen-bond donors (Lipinski definition) is 0. The summed E-state index contributed by atoms with van der Waals surface area (Å²) in [5.41, 5.74) is 0. The molecule has 0 saturated heterocycles. The third-order valence-corrected chi connectivity index (χ3v) is 7.72. The normalized spacial score (nSPS) is 11.4. The Morgan fingerprint density at radius 2 is 0.448 bits per heavy atom. The summed E-state index contributed by atoms with van der Waals surface area (Å²) in [5.74, 6) is 0. The Hall–Kier alpha value is 0.818. The molecule has 0 amide bonds. The van der Waals surface area contributed by atoms with Crippen molar-refractivity contribution in [3.8, 4) is 0 Å². The van der Waals surface area contributed by atoms with Gasteiger partial charge in [-0.25, -0.2) is 0 Å². The fourth-order valence-electron chi connectivity index (χ4n) is 4.46. The van der Waals surface area contributed by atoms with E-state index in [1.54, 1.807) is 0 Å². The first-order chi connectivity index (χ1) is 14.4. The topological polar surface area (TPSA) is 0 Å². The van der Waals surface area contributed by atoms with Crippen LogP contribution in [0.4, 0.5) is 0 Å². The van der Waals surface area contributed by atoms with Crippen LogP contribution in [0.1, 0.15) is 174 Å². The fraction of sp³-hybridized carbons (Fsp3) is 1.00. The molecule has 0 aliphatic heterocycles. The summed E-state index contributed by atoms with van der Waals surface area (Å²) < 4.78 is 1.50. The molecule has 0 atom stereocenters. The molecule has 176 valence electrons. The molecule has 0 aromatic heterocycles. The molecule has 1 heteroatoms. The Morgan fingerprint density at radius 3 is 0.621 bits per heavy atom. The fourth-order valence-corrected chi connectivity index (χ4v) is 5.28. The van der Waals surface area contributed by atoms with E-state index >= 15 is 0 Å². The van der Waals surface area contributed by atoms with Crippen molar-refractivity contribution in [3.63, 3.8) is 0 Å². The zero-order valence-corrected chi connectivity index (χ0v) is 24.0. The van der Waals surface area contributed by atoms with Crippen LogP contribution in [0.15, 0.2) is 0 Å². The van der Waals surface area contributed by atoms with Gasteiger partial charge in [-0.15, -0.1) is 0 Å². The van der Waals surface area contributed by atoms with E-state index in [0.717, 1.165) is 0 Å². The predicted octanol–water partition coefficient (Wildman–Crippen LogP) is 10.2. The molecule has 0 N–H and O–H groups in total. The average Bonchev–Trinajstić information content (AvgIpc) is 2.74. The number of hydrogen-bond acceptors (Lipinski definition) is 0. The first kappa shape index (κ1) is 29.8. The molecule has 0 unspecified atom stereocenters. The maximum absolute atomic E-state index is 2.31. The van der Waals surface area contributed by atoms with Gasteiger partial charge in [0.1, 0.15) is 0 Å². The van der Waals surface area contributed by atoms with Crippen LogP contribution in [0.5, 0.6) is 0 Å². The van der Waals surface area contributed by atoms with E-state index in [9.17, 15) is 0 Å². The van der Waals surface area contributed by atoms with Gasteiger partial charge in [-0.2, -0.15) is 0 Å². The van der Waals surface area contributed by atoms with Crippen molar-refractivity contribution < 1.29 is 0 Å². The van der Waals surface area contributed by atoms with Crippen molar-refractivity contribution in [1.82, 2.24) is 0 Å². The van der Waals surface area contributed by atoms with E-state index in [1.807, 2.05) is 0 Å². The molecule has 0 aromatic rings. The van der Waals surface area contributed by atoms with Gasteiger partial charge in [0.25, 0.3) is 0 Å². The van der Waals surface area contributed by atoms with Gasteiger partial charge in [-0.05, 0) is 0 Å². The molecule has 0 fully saturated rings. The van der Waals surface area contributed by atoms with Crippen molar-refractivity contribution in [2.75, 3.05) is 0 Å². The summed E-state index contributed by atoms with van der Waals surface area (Å²) in [6.07, 6.45) is 38.7. The van der Waals surface area contributed by atoms with Crippen molar-refractivity contribution in [2.24, 2.45) is 0 Å². The number of unbranched alkanes of at least 4 members (excludes halogenated alkanes) is 25. The minimum atomic E-state index is 1.38. The SMILES string of the molecule is CCCCCCCCCCCCCCCCCCCCCCCCCCC[CH2][SbH2]. The van der Waals surface area contributed by atoms with Gasteiger partial charge in [0.15, 0.2) is 0 Å². The van der Waals surface area contributed by atoms with Gasteiger partial charge < -0.3 is 0 Å². The summed E-state index contributed by atoms with van der Waals surface area (Å²) in [6, 6.07) is 0. The Balaban J connectivity index is 2.97. The van der Waals surface area contributed by atoms with Crippen molar-refractivity contribution in [2.45, 2.75) is 178 Å². The number of rotatable bonds is 26. The molecular formula is C28H59Sb. The van der Waals surface area contributed by atoms with Crippen molar-refractivity contribution in [3.05, 3.63) is 0 Å². The van der Waals surface area contributed by atoms with E-state index < -0.39 is 0 Å². The van der Waals surface area contributed by atoms with Gasteiger partial charge in [0.2, 0.25) is 0 Å². The van der Waals surface area contributed by atoms with E-state index in [0.29, 0.717) is 0 Å². The molecule has 0 saturated carbocycles. The van der Waals surface area contributed by atoms with Crippen LogP contribution in [0.2, 0.25) is 4.37 Å². The van der Waals surface area contributed by atoms with Gasteiger partial charge in [0.05, 0.1) is 0 Å². The molecular weight excluding hydrogens is 458 g/mol. The summed E-state index contributed by atoms with van der Waals surface area (Å²) in [5, 5.41) is 0. The maximum atomic E-state index is 2.31. The van der Waals surface area contributed by atoms with E-state index in [2.05, 4.69) is 6.92 Å². The van der Waals surface area contributed by atoms with Gasteiger partial charge in [-0.1, -0.05) is 103 Å². The summed E-state index contributed by atoms with van der Waals surface area (Å²) >= 11 is 1.47. The van der Waals surface area contributed by atoms with Crippen molar-refractivity contribution >= 4 is 23.0 Å². The van der Waals surface area contributed by atoms with Crippen LogP contribution in [0, 0.1) is 0 Å². The third kappa shape index (κ3) is 28.8. The second-order valence-corrected chi connectivity index (χ2v) is 11.3. The quantitative estimate of drug-likeness (QED) is 0.0791. The van der Waals surface area contributed by atoms with Gasteiger partial charge in [-0.3, -0.25) is 0 Å². The van der Waals surface area contributed by atoms with Crippen LogP contribution >= 0.6 is 0 Å². The first-order valence-corrected chi connectivity index (χ1v) is 16.4. The van der Waals surface area contributed by atoms with E-state index in [-0.39, 0.29) is 0 Å². The summed E-state index contributed by atoms with van der Waals surface area (Å²) in [7, 11) is 0. The second kappa shape index (κ2) is 28.8. The van der Waals surface area contributed by atoms with Gasteiger partial charge in [0, 0.05) is 0 Å². The third-order valence-electron chi connectivity index (χ3n) is 6.56. The summed E-state index contributed by atoms with van der Waals surface area (Å²) in [4.78, 5) is 0. The molecule has 0 aromatic carbocycles. The van der Waals surface area contributed by atoms with Gasteiger partial charge >= 0.3 is 98.0 Å². The molecule has 0 bridgehead atoms. The molecule has 0 spiro atoms. The Labute approximate surface area is 200 Å². The first-order valence-electron chi connectivity index (χ1n) is 14.1. The van der Waals surface area contributed by atoms with Crippen LogP contribution in [-0.4, -0.2) is 23.0 Å². The predicted molar refractivity (Wildman–Crippen MR) is 139 cm³/mol. The zero-order valence-electron chi connectivity index (χ0n) is 20.7. The monoisotopic (exact) mass is 516 g/mol. The summed E-state index contributed by atoms with van der Waals surface area (Å²) in [6.45, 7) is 2.31. The van der Waals surface area contributed by atoms with E-state index in [4.69, 9.17) is 0 Å². The Bertz CT molecular complexity index is 237. The molecule has 0 nitrogen and oxygen atoms in total. The molecule has 29 heavy (non-hydrogen) atoms. The van der Waals surface area contributed by atoms with Crippen molar-refractivity contribution in [1.29, 1.82) is 0 Å². The standard InChI is InChI=1S/C28H57.Sb.2H/c1-3-5-7-9-11-13-15-17-19-21-23-25-27-28-26-24-22-20-18-16-14-12-10-8-6-4-2;;;/h1,3-28H2,2H3;;;.